The first-order valence-corrected chi connectivity index (χ1v) is 7.04. The number of carboxylic acid groups (broad SMARTS) is 1. The third kappa shape index (κ3) is 4.83. The summed E-state index contributed by atoms with van der Waals surface area (Å²) in [5.41, 5.74) is 5.82. The second-order valence-corrected chi connectivity index (χ2v) is 5.27. The lowest BCUT2D eigenvalue weighted by molar-refractivity contribution is -0.122. The van der Waals surface area contributed by atoms with Gasteiger partial charge in [0, 0.05) is 38.4 Å². The second kappa shape index (κ2) is 7.19. The Bertz CT molecular complexity index is 494. The number of carbonyl (C=O) groups excluding carboxylic acids is 1. The maximum absolute atomic E-state index is 11.8. The molecule has 0 bridgehead atoms. The summed E-state index contributed by atoms with van der Waals surface area (Å²) in [4.78, 5) is 28.3. The van der Waals surface area contributed by atoms with Crippen molar-refractivity contribution in [2.45, 2.75) is 25.4 Å². The number of carboxylic acids is 1. The highest BCUT2D eigenvalue weighted by Crippen LogP contribution is 2.07. The number of likely N-dealkylation sites (tertiary alicyclic amines) is 1. The normalized spacial score (nSPS) is 16.8. The van der Waals surface area contributed by atoms with Gasteiger partial charge in [-0.25, -0.2) is 9.78 Å². The molecule has 4 N–H and O–H groups in total. The van der Waals surface area contributed by atoms with E-state index in [9.17, 15) is 9.59 Å². The van der Waals surface area contributed by atoms with Crippen molar-refractivity contribution < 1.29 is 14.7 Å². The minimum Gasteiger partial charge on any atom is -0.476 e. The lowest BCUT2D eigenvalue weighted by Gasteiger charge is -2.29. The molecule has 21 heavy (non-hydrogen) atoms. The third-order valence-corrected chi connectivity index (χ3v) is 3.54. The van der Waals surface area contributed by atoms with Crippen LogP contribution in [0.5, 0.6) is 0 Å². The van der Waals surface area contributed by atoms with Crippen LogP contribution in [0.1, 0.15) is 23.3 Å². The summed E-state index contributed by atoms with van der Waals surface area (Å²) in [5.74, 6) is -1.08. The molecule has 1 aliphatic rings. The van der Waals surface area contributed by atoms with Crippen LogP contribution in [0, 0.1) is 0 Å². The zero-order valence-electron chi connectivity index (χ0n) is 11.9. The first-order valence-electron chi connectivity index (χ1n) is 7.04. The average molecular weight is 295 g/mol. The van der Waals surface area contributed by atoms with Gasteiger partial charge in [-0.1, -0.05) is 0 Å². The summed E-state index contributed by atoms with van der Waals surface area (Å²) in [6, 6.07) is 0.258. The van der Waals surface area contributed by atoms with E-state index in [4.69, 9.17) is 10.8 Å². The van der Waals surface area contributed by atoms with E-state index in [2.05, 4.69) is 15.2 Å². The van der Waals surface area contributed by atoms with Crippen LogP contribution in [0.2, 0.25) is 0 Å². The van der Waals surface area contributed by atoms with Crippen molar-refractivity contribution >= 4 is 11.9 Å². The fraction of sp³-hybridized carbons (Fsp3) is 0.615. The predicted octanol–water partition coefficient (Wildman–Crippen LogP) is -0.879. The summed E-state index contributed by atoms with van der Waals surface area (Å²) < 4.78 is 1.64. The lowest BCUT2D eigenvalue weighted by atomic mass is 10.1. The van der Waals surface area contributed by atoms with Gasteiger partial charge in [0.2, 0.25) is 5.91 Å². The van der Waals surface area contributed by atoms with Gasteiger partial charge < -0.3 is 20.7 Å². The van der Waals surface area contributed by atoms with Crippen molar-refractivity contribution in [2.24, 2.45) is 5.73 Å². The Balaban J connectivity index is 1.65. The van der Waals surface area contributed by atoms with E-state index < -0.39 is 5.97 Å². The molecule has 2 heterocycles. The molecule has 1 amide bonds. The summed E-state index contributed by atoms with van der Waals surface area (Å²) in [6.07, 6.45) is 4.75. The van der Waals surface area contributed by atoms with E-state index >= 15 is 0 Å². The number of aromatic carboxylic acids is 1. The maximum Gasteiger partial charge on any atom is 0.356 e. The van der Waals surface area contributed by atoms with Crippen LogP contribution in [0.25, 0.3) is 0 Å². The molecule has 0 aliphatic carbocycles. The number of carbonyl (C=O) groups is 2. The van der Waals surface area contributed by atoms with Gasteiger partial charge >= 0.3 is 5.97 Å². The Morgan fingerprint density at radius 3 is 2.76 bits per heavy atom. The molecule has 1 aromatic heterocycles. The van der Waals surface area contributed by atoms with Gasteiger partial charge in [0.05, 0.1) is 12.9 Å². The largest absolute Gasteiger partial charge is 0.476 e. The summed E-state index contributed by atoms with van der Waals surface area (Å²) in [7, 11) is 0. The number of piperidine rings is 1. The molecule has 2 rings (SSSR count). The minimum atomic E-state index is -1.05. The number of nitrogens with two attached hydrogens (primary N) is 1. The molecule has 1 fully saturated rings. The van der Waals surface area contributed by atoms with Gasteiger partial charge in [-0.05, 0) is 12.8 Å². The summed E-state index contributed by atoms with van der Waals surface area (Å²) in [6.45, 7) is 3.05. The first kappa shape index (κ1) is 15.5. The third-order valence-electron chi connectivity index (χ3n) is 3.54. The predicted molar refractivity (Wildman–Crippen MR) is 75.8 cm³/mol. The number of aromatic nitrogens is 2. The molecule has 1 aliphatic heterocycles. The number of hydrogen-bond donors (Lipinski definition) is 3. The van der Waals surface area contributed by atoms with E-state index in [1.54, 1.807) is 4.57 Å². The Labute approximate surface area is 122 Å². The molecular weight excluding hydrogens is 274 g/mol. The SMILES string of the molecule is NC1CCN(CC(=O)NCCn2cnc(C(=O)O)c2)CC1. The van der Waals surface area contributed by atoms with Gasteiger partial charge in [-0.15, -0.1) is 0 Å². The lowest BCUT2D eigenvalue weighted by Crippen LogP contribution is -2.44. The maximum atomic E-state index is 11.8. The van der Waals surface area contributed by atoms with Crippen molar-refractivity contribution in [2.75, 3.05) is 26.2 Å². The van der Waals surface area contributed by atoms with Crippen LogP contribution in [0.15, 0.2) is 12.5 Å². The Morgan fingerprint density at radius 1 is 1.43 bits per heavy atom. The summed E-state index contributed by atoms with van der Waals surface area (Å²) >= 11 is 0. The van der Waals surface area contributed by atoms with Gasteiger partial charge in [-0.3, -0.25) is 9.69 Å². The molecule has 0 spiro atoms. The van der Waals surface area contributed by atoms with Crippen LogP contribution >= 0.6 is 0 Å². The van der Waals surface area contributed by atoms with Crippen molar-refractivity contribution in [1.29, 1.82) is 0 Å². The fourth-order valence-electron chi connectivity index (χ4n) is 2.29. The number of amides is 1. The smallest absolute Gasteiger partial charge is 0.356 e. The quantitative estimate of drug-likeness (QED) is 0.628. The topological polar surface area (TPSA) is 113 Å². The molecule has 116 valence electrons. The molecule has 0 saturated carbocycles. The van der Waals surface area contributed by atoms with Gasteiger partial charge in [0.25, 0.3) is 0 Å². The molecule has 8 heteroatoms. The molecule has 0 unspecified atom stereocenters. The molecule has 1 aromatic rings. The fourth-order valence-corrected chi connectivity index (χ4v) is 2.29. The molecular formula is C13H21N5O3. The molecule has 0 atom stereocenters. The van der Waals surface area contributed by atoms with Crippen LogP contribution in [-0.2, 0) is 11.3 Å². The van der Waals surface area contributed by atoms with Crippen molar-refractivity contribution in [3.63, 3.8) is 0 Å². The van der Waals surface area contributed by atoms with E-state index in [1.165, 1.54) is 12.5 Å². The van der Waals surface area contributed by atoms with Crippen LogP contribution < -0.4 is 11.1 Å². The van der Waals surface area contributed by atoms with Crippen LogP contribution in [0.3, 0.4) is 0 Å². The number of rotatable bonds is 6. The van der Waals surface area contributed by atoms with E-state index in [1.807, 2.05) is 0 Å². The minimum absolute atomic E-state index is 0.00554. The molecule has 8 nitrogen and oxygen atoms in total. The van der Waals surface area contributed by atoms with Crippen LogP contribution in [-0.4, -0.2) is 63.7 Å². The highest BCUT2D eigenvalue weighted by atomic mass is 16.4. The molecule has 0 radical (unpaired) electrons. The standard InChI is InChI=1S/C13H21N5O3/c14-10-1-4-17(5-2-10)8-12(19)15-3-6-18-7-11(13(20)21)16-9-18/h7,9-10H,1-6,8,14H2,(H,15,19)(H,20,21). The Hall–Kier alpha value is -1.93. The van der Waals surface area contributed by atoms with Crippen molar-refractivity contribution in [1.82, 2.24) is 19.8 Å². The molecule has 0 aromatic carbocycles. The molecule has 1 saturated heterocycles. The number of nitrogens with one attached hydrogen (secondary N) is 1. The number of hydrogen-bond acceptors (Lipinski definition) is 5. The first-order chi connectivity index (χ1) is 10.0. The number of nitrogens with zero attached hydrogens (tertiary/aromatic N) is 3. The van der Waals surface area contributed by atoms with Crippen LogP contribution in [0.4, 0.5) is 0 Å². The zero-order chi connectivity index (χ0) is 15.2. The summed E-state index contributed by atoms with van der Waals surface area (Å²) in [5, 5.41) is 11.6. The zero-order valence-corrected chi connectivity index (χ0v) is 11.9. The van der Waals surface area contributed by atoms with Gasteiger partial charge in [0.15, 0.2) is 5.69 Å². The highest BCUT2D eigenvalue weighted by molar-refractivity contribution is 5.84. The second-order valence-electron chi connectivity index (χ2n) is 5.27. The van der Waals surface area contributed by atoms with E-state index in [0.717, 1.165) is 25.9 Å². The average Bonchev–Trinajstić information content (AvgIpc) is 2.90. The Morgan fingerprint density at radius 2 is 2.14 bits per heavy atom. The number of imidazole rings is 1. The van der Waals surface area contributed by atoms with Crippen molar-refractivity contribution in [3.8, 4) is 0 Å². The highest BCUT2D eigenvalue weighted by Gasteiger charge is 2.17. The van der Waals surface area contributed by atoms with Gasteiger partial charge in [0.1, 0.15) is 0 Å². The van der Waals surface area contributed by atoms with E-state index in [0.29, 0.717) is 19.6 Å². The van der Waals surface area contributed by atoms with Gasteiger partial charge in [-0.2, -0.15) is 0 Å². The van der Waals surface area contributed by atoms with E-state index in [-0.39, 0.29) is 17.6 Å². The monoisotopic (exact) mass is 295 g/mol. The Kier molecular flexibility index (Phi) is 5.29. The van der Waals surface area contributed by atoms with Crippen molar-refractivity contribution in [3.05, 3.63) is 18.2 Å².